The summed E-state index contributed by atoms with van der Waals surface area (Å²) in [4.78, 5) is 0. The Balaban J connectivity index is 2.28. The molecule has 5 heteroatoms. The van der Waals surface area contributed by atoms with Gasteiger partial charge in [-0.25, -0.2) is 8.78 Å². The molecule has 0 spiro atoms. The average Bonchev–Trinajstić information content (AvgIpc) is 2.39. The quantitative estimate of drug-likeness (QED) is 0.922. The monoisotopic (exact) mass is 297 g/mol. The van der Waals surface area contributed by atoms with Crippen LogP contribution < -0.4 is 10.5 Å². The highest BCUT2D eigenvalue weighted by Gasteiger charge is 2.20. The van der Waals surface area contributed by atoms with Crippen molar-refractivity contribution >= 4 is 11.6 Å². The molecule has 0 bridgehead atoms. The molecular formula is C15H14ClF2NO. The third-order valence-corrected chi connectivity index (χ3v) is 3.08. The van der Waals surface area contributed by atoms with E-state index in [1.165, 1.54) is 6.07 Å². The predicted molar refractivity (Wildman–Crippen MR) is 74.8 cm³/mol. The lowest BCUT2D eigenvalue weighted by molar-refractivity contribution is 0.172. The first kappa shape index (κ1) is 14.8. The largest absolute Gasteiger partial charge is 0.481 e. The molecule has 0 heterocycles. The molecule has 0 saturated heterocycles. The second kappa shape index (κ2) is 6.20. The van der Waals surface area contributed by atoms with E-state index in [1.54, 1.807) is 31.2 Å². The fourth-order valence-corrected chi connectivity index (χ4v) is 1.96. The maximum absolute atomic E-state index is 13.6. The molecule has 0 aliphatic carbocycles. The number of hydrogen-bond acceptors (Lipinski definition) is 2. The third kappa shape index (κ3) is 3.46. The highest BCUT2D eigenvalue weighted by molar-refractivity contribution is 6.30. The smallest absolute Gasteiger partial charge is 0.168 e. The van der Waals surface area contributed by atoms with Crippen LogP contribution in [0.15, 0.2) is 42.5 Å². The summed E-state index contributed by atoms with van der Waals surface area (Å²) in [5.41, 5.74) is 6.65. The summed E-state index contributed by atoms with van der Waals surface area (Å²) in [6.07, 6.45) is -0.549. The molecule has 0 saturated carbocycles. The number of nitrogens with two attached hydrogens (primary N) is 1. The van der Waals surface area contributed by atoms with Gasteiger partial charge in [0.25, 0.3) is 0 Å². The number of hydrogen-bond donors (Lipinski definition) is 1. The van der Waals surface area contributed by atoms with Gasteiger partial charge in [-0.05, 0) is 36.8 Å². The SMILES string of the molecule is CC(N)C(Oc1ccc(F)cc1F)c1ccc(Cl)cc1. The second-order valence-corrected chi connectivity index (χ2v) is 4.96. The third-order valence-electron chi connectivity index (χ3n) is 2.82. The molecule has 2 N–H and O–H groups in total. The summed E-state index contributed by atoms with van der Waals surface area (Å²) in [6, 6.07) is 9.72. The van der Waals surface area contributed by atoms with Crippen LogP contribution in [0.1, 0.15) is 18.6 Å². The average molecular weight is 298 g/mol. The van der Waals surface area contributed by atoms with Gasteiger partial charge in [-0.1, -0.05) is 23.7 Å². The normalized spacial score (nSPS) is 13.8. The zero-order valence-electron chi connectivity index (χ0n) is 10.8. The van der Waals surface area contributed by atoms with Gasteiger partial charge >= 0.3 is 0 Å². The van der Waals surface area contributed by atoms with Gasteiger partial charge < -0.3 is 10.5 Å². The fourth-order valence-electron chi connectivity index (χ4n) is 1.84. The molecule has 0 aromatic heterocycles. The summed E-state index contributed by atoms with van der Waals surface area (Å²) in [5, 5.41) is 0.588. The van der Waals surface area contributed by atoms with Crippen molar-refractivity contribution in [2.45, 2.75) is 19.1 Å². The topological polar surface area (TPSA) is 35.2 Å². The number of ether oxygens (including phenoxy) is 1. The van der Waals surface area contributed by atoms with Gasteiger partial charge in [0.2, 0.25) is 0 Å². The number of rotatable bonds is 4. The van der Waals surface area contributed by atoms with Crippen LogP contribution in [-0.4, -0.2) is 6.04 Å². The van der Waals surface area contributed by atoms with Crippen LogP contribution in [0.5, 0.6) is 5.75 Å². The van der Waals surface area contributed by atoms with Crippen LogP contribution in [0.4, 0.5) is 8.78 Å². The Kier molecular flexibility index (Phi) is 4.57. The van der Waals surface area contributed by atoms with E-state index in [0.717, 1.165) is 17.7 Å². The minimum Gasteiger partial charge on any atom is -0.481 e. The first-order valence-electron chi connectivity index (χ1n) is 6.10. The molecular weight excluding hydrogens is 284 g/mol. The molecule has 20 heavy (non-hydrogen) atoms. The van der Waals surface area contributed by atoms with Crippen molar-refractivity contribution in [3.63, 3.8) is 0 Å². The van der Waals surface area contributed by atoms with Gasteiger partial charge in [0, 0.05) is 17.1 Å². The molecule has 2 atom stereocenters. The zero-order valence-corrected chi connectivity index (χ0v) is 11.6. The number of halogens is 3. The van der Waals surface area contributed by atoms with Crippen molar-refractivity contribution in [3.8, 4) is 5.75 Å². The minimum atomic E-state index is -0.760. The standard InChI is InChI=1S/C15H14ClF2NO/c1-9(19)15(10-2-4-11(16)5-3-10)20-14-7-6-12(17)8-13(14)18/h2-9,15H,19H2,1H3. The van der Waals surface area contributed by atoms with Gasteiger partial charge in [-0.2, -0.15) is 0 Å². The van der Waals surface area contributed by atoms with Crippen molar-refractivity contribution in [3.05, 3.63) is 64.7 Å². The molecule has 0 radical (unpaired) electrons. The van der Waals surface area contributed by atoms with Crippen LogP contribution in [0.3, 0.4) is 0 Å². The van der Waals surface area contributed by atoms with Crippen LogP contribution in [-0.2, 0) is 0 Å². The number of benzene rings is 2. The molecule has 106 valence electrons. The molecule has 2 nitrogen and oxygen atoms in total. The van der Waals surface area contributed by atoms with E-state index in [4.69, 9.17) is 22.1 Å². The molecule has 0 amide bonds. The van der Waals surface area contributed by atoms with E-state index in [1.807, 2.05) is 0 Å². The molecule has 0 aliphatic heterocycles. The lowest BCUT2D eigenvalue weighted by Gasteiger charge is -2.23. The Morgan fingerprint density at radius 3 is 2.30 bits per heavy atom. The molecule has 2 aromatic carbocycles. The van der Waals surface area contributed by atoms with E-state index >= 15 is 0 Å². The van der Waals surface area contributed by atoms with E-state index < -0.39 is 17.7 Å². The Morgan fingerprint density at radius 2 is 1.75 bits per heavy atom. The van der Waals surface area contributed by atoms with E-state index in [2.05, 4.69) is 0 Å². The van der Waals surface area contributed by atoms with Gasteiger partial charge in [0.05, 0.1) is 0 Å². The maximum Gasteiger partial charge on any atom is 0.168 e. The Morgan fingerprint density at radius 1 is 1.10 bits per heavy atom. The van der Waals surface area contributed by atoms with Gasteiger partial charge in [0.15, 0.2) is 11.6 Å². The molecule has 2 unspecified atom stereocenters. The zero-order chi connectivity index (χ0) is 14.7. The van der Waals surface area contributed by atoms with E-state index in [0.29, 0.717) is 5.02 Å². The van der Waals surface area contributed by atoms with Crippen LogP contribution >= 0.6 is 11.6 Å². The van der Waals surface area contributed by atoms with E-state index in [-0.39, 0.29) is 11.8 Å². The Bertz CT molecular complexity index is 587. The summed E-state index contributed by atoms with van der Waals surface area (Å²) in [6.45, 7) is 1.75. The lowest BCUT2D eigenvalue weighted by atomic mass is 10.0. The highest BCUT2D eigenvalue weighted by Crippen LogP contribution is 2.27. The van der Waals surface area contributed by atoms with Crippen molar-refractivity contribution in [2.75, 3.05) is 0 Å². The second-order valence-electron chi connectivity index (χ2n) is 4.52. The molecule has 2 aromatic rings. The summed E-state index contributed by atoms with van der Waals surface area (Å²) < 4.78 is 32.1. The van der Waals surface area contributed by atoms with Gasteiger partial charge in [-0.3, -0.25) is 0 Å². The van der Waals surface area contributed by atoms with Crippen molar-refractivity contribution < 1.29 is 13.5 Å². The Hall–Kier alpha value is -1.65. The molecule has 0 fully saturated rings. The van der Waals surface area contributed by atoms with Crippen molar-refractivity contribution in [1.29, 1.82) is 0 Å². The minimum absolute atomic E-state index is 0.0383. The van der Waals surface area contributed by atoms with E-state index in [9.17, 15) is 8.78 Å². The molecule has 0 aliphatic rings. The Labute approximate surface area is 121 Å². The maximum atomic E-state index is 13.6. The van der Waals surface area contributed by atoms with Gasteiger partial charge in [-0.15, -0.1) is 0 Å². The predicted octanol–water partition coefficient (Wildman–Crippen LogP) is 4.09. The highest BCUT2D eigenvalue weighted by atomic mass is 35.5. The first-order chi connectivity index (χ1) is 9.47. The van der Waals surface area contributed by atoms with Crippen LogP contribution in [0.25, 0.3) is 0 Å². The fraction of sp³-hybridized carbons (Fsp3) is 0.200. The van der Waals surface area contributed by atoms with Crippen molar-refractivity contribution in [1.82, 2.24) is 0 Å². The van der Waals surface area contributed by atoms with Crippen molar-refractivity contribution in [2.24, 2.45) is 5.73 Å². The summed E-state index contributed by atoms with van der Waals surface area (Å²) in [7, 11) is 0. The van der Waals surface area contributed by atoms with Crippen LogP contribution in [0, 0.1) is 11.6 Å². The van der Waals surface area contributed by atoms with Crippen LogP contribution in [0.2, 0.25) is 5.02 Å². The lowest BCUT2D eigenvalue weighted by Crippen LogP contribution is -2.29. The first-order valence-corrected chi connectivity index (χ1v) is 6.48. The molecule has 2 rings (SSSR count). The summed E-state index contributed by atoms with van der Waals surface area (Å²) in [5.74, 6) is -1.45. The van der Waals surface area contributed by atoms with Gasteiger partial charge in [0.1, 0.15) is 11.9 Å². The summed E-state index contributed by atoms with van der Waals surface area (Å²) >= 11 is 5.83.